The summed E-state index contributed by atoms with van der Waals surface area (Å²) in [5, 5.41) is 3.17. The molecule has 0 radical (unpaired) electrons. The van der Waals surface area contributed by atoms with Crippen LogP contribution in [0.15, 0.2) is 48.5 Å². The van der Waals surface area contributed by atoms with Gasteiger partial charge in [0.2, 0.25) is 11.6 Å². The number of hydrogen-bond acceptors (Lipinski definition) is 5. The van der Waals surface area contributed by atoms with E-state index in [2.05, 4.69) is 5.32 Å². The third-order valence-electron chi connectivity index (χ3n) is 3.59. The van der Waals surface area contributed by atoms with Gasteiger partial charge in [-0.05, 0) is 0 Å². The van der Waals surface area contributed by atoms with Gasteiger partial charge >= 0.3 is 0 Å². The molecule has 0 heterocycles. The van der Waals surface area contributed by atoms with Crippen molar-refractivity contribution in [1.29, 1.82) is 0 Å². The van der Waals surface area contributed by atoms with E-state index < -0.39 is 11.6 Å². The van der Waals surface area contributed by atoms with Crippen molar-refractivity contribution in [3.8, 4) is 11.5 Å². The number of ketones is 2. The highest BCUT2D eigenvalue weighted by atomic mass is 16.5. The van der Waals surface area contributed by atoms with Crippen LogP contribution < -0.4 is 14.8 Å². The lowest BCUT2D eigenvalue weighted by molar-refractivity contribution is -0.111. The van der Waals surface area contributed by atoms with E-state index in [1.54, 1.807) is 50.6 Å². The first-order valence-corrected chi connectivity index (χ1v) is 7.02. The molecule has 0 aliphatic heterocycles. The highest BCUT2D eigenvalue weighted by Crippen LogP contribution is 2.30. The third kappa shape index (κ3) is 2.81. The van der Waals surface area contributed by atoms with Gasteiger partial charge in [0.1, 0.15) is 11.5 Å². The minimum Gasteiger partial charge on any atom is -0.497 e. The number of nitrogens with one attached hydrogen (secondary N) is 1. The normalized spacial score (nSPS) is 13.2. The van der Waals surface area contributed by atoms with E-state index in [1.807, 2.05) is 6.07 Å². The van der Waals surface area contributed by atoms with E-state index in [1.165, 1.54) is 6.08 Å². The van der Waals surface area contributed by atoms with E-state index in [0.717, 1.165) is 0 Å². The Morgan fingerprint density at radius 1 is 0.870 bits per heavy atom. The molecule has 116 valence electrons. The Balaban J connectivity index is 2.01. The van der Waals surface area contributed by atoms with Gasteiger partial charge in [-0.15, -0.1) is 0 Å². The van der Waals surface area contributed by atoms with E-state index in [-0.39, 0.29) is 0 Å². The topological polar surface area (TPSA) is 64.6 Å². The predicted octanol–water partition coefficient (Wildman–Crippen LogP) is 2.92. The first-order chi connectivity index (χ1) is 11.1. The molecule has 23 heavy (non-hydrogen) atoms. The predicted molar refractivity (Wildman–Crippen MR) is 86.9 cm³/mol. The van der Waals surface area contributed by atoms with Crippen LogP contribution in [-0.4, -0.2) is 25.8 Å². The van der Waals surface area contributed by atoms with Crippen LogP contribution >= 0.6 is 0 Å². The van der Waals surface area contributed by atoms with Crippen molar-refractivity contribution < 1.29 is 19.1 Å². The molecule has 5 nitrogen and oxygen atoms in total. The molecule has 0 fully saturated rings. The summed E-state index contributed by atoms with van der Waals surface area (Å²) in [6.45, 7) is 0. The highest BCUT2D eigenvalue weighted by Gasteiger charge is 2.25. The fraction of sp³-hybridized carbons (Fsp3) is 0.111. The van der Waals surface area contributed by atoms with E-state index in [4.69, 9.17) is 9.47 Å². The second-order valence-electron chi connectivity index (χ2n) is 5.02. The van der Waals surface area contributed by atoms with Gasteiger partial charge in [0.05, 0.1) is 19.9 Å². The molecule has 0 saturated heterocycles. The maximum Gasteiger partial charge on any atom is 0.233 e. The van der Waals surface area contributed by atoms with Crippen LogP contribution in [0.25, 0.3) is 5.70 Å². The number of carbonyl (C=O) groups is 2. The fourth-order valence-corrected chi connectivity index (χ4v) is 2.46. The molecule has 0 amide bonds. The van der Waals surface area contributed by atoms with Crippen molar-refractivity contribution in [1.82, 2.24) is 0 Å². The number of ether oxygens (including phenoxy) is 2. The Morgan fingerprint density at radius 2 is 1.48 bits per heavy atom. The fourth-order valence-electron chi connectivity index (χ4n) is 2.46. The van der Waals surface area contributed by atoms with Gasteiger partial charge in [-0.2, -0.15) is 0 Å². The van der Waals surface area contributed by atoms with Crippen LogP contribution in [0.5, 0.6) is 11.5 Å². The molecule has 1 aliphatic carbocycles. The zero-order valence-electron chi connectivity index (χ0n) is 12.8. The Labute approximate surface area is 133 Å². The Bertz CT molecular complexity index is 801. The molecule has 0 aromatic heterocycles. The molecule has 0 spiro atoms. The van der Waals surface area contributed by atoms with E-state index in [0.29, 0.717) is 34.0 Å². The summed E-state index contributed by atoms with van der Waals surface area (Å²) in [7, 11) is 3.13. The number of allylic oxidation sites excluding steroid dienone is 1. The summed E-state index contributed by atoms with van der Waals surface area (Å²) >= 11 is 0. The van der Waals surface area contributed by atoms with Crippen LogP contribution in [0.3, 0.4) is 0 Å². The molecule has 3 rings (SSSR count). The van der Waals surface area contributed by atoms with E-state index >= 15 is 0 Å². The van der Waals surface area contributed by atoms with E-state index in [9.17, 15) is 9.59 Å². The van der Waals surface area contributed by atoms with Crippen molar-refractivity contribution in [3.05, 3.63) is 59.7 Å². The summed E-state index contributed by atoms with van der Waals surface area (Å²) < 4.78 is 10.5. The molecular formula is C18H15NO4. The molecule has 0 saturated carbocycles. The first kappa shape index (κ1) is 14.8. The zero-order chi connectivity index (χ0) is 16.4. The number of hydrogen-bond donors (Lipinski definition) is 1. The summed E-state index contributed by atoms with van der Waals surface area (Å²) in [4.78, 5) is 23.8. The van der Waals surface area contributed by atoms with Crippen molar-refractivity contribution in [2.75, 3.05) is 19.5 Å². The summed E-state index contributed by atoms with van der Waals surface area (Å²) in [5.74, 6) is 0.216. The number of fused-ring (bicyclic) bond motifs is 1. The van der Waals surface area contributed by atoms with Gasteiger partial charge in [0.15, 0.2) is 0 Å². The van der Waals surface area contributed by atoms with Crippen LogP contribution in [0.1, 0.15) is 15.9 Å². The van der Waals surface area contributed by atoms with Crippen molar-refractivity contribution >= 4 is 23.0 Å². The maximum absolute atomic E-state index is 12.0. The summed E-state index contributed by atoms with van der Waals surface area (Å²) in [5.41, 5.74) is 2.36. The number of rotatable bonds is 4. The summed E-state index contributed by atoms with van der Waals surface area (Å²) in [6, 6.07) is 12.3. The Morgan fingerprint density at radius 3 is 2.09 bits per heavy atom. The number of Topliss-reactive ketones (excluding diaryl/α,β-unsaturated/α-hetero) is 1. The third-order valence-corrected chi connectivity index (χ3v) is 3.59. The van der Waals surface area contributed by atoms with Gasteiger partial charge in [0.25, 0.3) is 0 Å². The molecule has 1 aliphatic rings. The molecule has 2 aromatic rings. The highest BCUT2D eigenvalue weighted by molar-refractivity contribution is 6.50. The van der Waals surface area contributed by atoms with Crippen LogP contribution in [-0.2, 0) is 4.79 Å². The Kier molecular flexibility index (Phi) is 3.85. The minimum atomic E-state index is -0.541. The average molecular weight is 309 g/mol. The van der Waals surface area contributed by atoms with Gasteiger partial charge in [-0.1, -0.05) is 24.3 Å². The standard InChI is InChI=1S/C18H15NO4/c1-22-12-7-11(8-13(9-12)23-2)19-16-10-17(20)18(21)15-6-4-3-5-14(15)16/h3-10,19H,1-2H3. The van der Waals surface area contributed by atoms with Crippen molar-refractivity contribution in [2.45, 2.75) is 0 Å². The largest absolute Gasteiger partial charge is 0.497 e. The summed E-state index contributed by atoms with van der Waals surface area (Å²) in [6.07, 6.45) is 1.32. The SMILES string of the molecule is COc1cc(NC2=CC(=O)C(=O)c3ccccc32)cc(OC)c1. The molecule has 1 N–H and O–H groups in total. The molecule has 5 heteroatoms. The number of carbonyl (C=O) groups excluding carboxylic acids is 2. The van der Waals surface area contributed by atoms with Gasteiger partial charge in [-0.3, -0.25) is 9.59 Å². The monoisotopic (exact) mass is 309 g/mol. The number of methoxy groups -OCH3 is 2. The second kappa shape index (κ2) is 5.96. The van der Waals surface area contributed by atoms with Gasteiger partial charge < -0.3 is 14.8 Å². The van der Waals surface area contributed by atoms with Gasteiger partial charge in [-0.25, -0.2) is 0 Å². The van der Waals surface area contributed by atoms with Crippen LogP contribution in [0, 0.1) is 0 Å². The quantitative estimate of drug-likeness (QED) is 0.880. The van der Waals surface area contributed by atoms with Crippen molar-refractivity contribution in [2.24, 2.45) is 0 Å². The molecule has 2 aromatic carbocycles. The molecule has 0 atom stereocenters. The lowest BCUT2D eigenvalue weighted by atomic mass is 9.92. The van der Waals surface area contributed by atoms with Crippen molar-refractivity contribution in [3.63, 3.8) is 0 Å². The van der Waals surface area contributed by atoms with Crippen LogP contribution in [0.4, 0.5) is 5.69 Å². The molecule has 0 bridgehead atoms. The minimum absolute atomic E-state index is 0.400. The maximum atomic E-state index is 12.0. The first-order valence-electron chi connectivity index (χ1n) is 7.02. The lowest BCUT2D eigenvalue weighted by Gasteiger charge is -2.18. The smallest absolute Gasteiger partial charge is 0.233 e. The average Bonchev–Trinajstić information content (AvgIpc) is 2.59. The van der Waals surface area contributed by atoms with Crippen LogP contribution in [0.2, 0.25) is 0 Å². The zero-order valence-corrected chi connectivity index (χ0v) is 12.8. The lowest BCUT2D eigenvalue weighted by Crippen LogP contribution is -2.20. The Hall–Kier alpha value is -3.08. The molecule has 0 unspecified atom stereocenters. The second-order valence-corrected chi connectivity index (χ2v) is 5.02. The number of anilines is 1. The van der Waals surface area contributed by atoms with Gasteiger partial charge in [0, 0.05) is 41.1 Å². The number of benzene rings is 2. The molecular weight excluding hydrogens is 294 g/mol.